The molecule has 6 nitrogen and oxygen atoms in total. The lowest BCUT2D eigenvalue weighted by molar-refractivity contribution is 0.140. The van der Waals surface area contributed by atoms with E-state index >= 15 is 0 Å². The molecule has 0 aromatic heterocycles. The molecule has 0 bridgehead atoms. The van der Waals surface area contributed by atoms with E-state index < -0.39 is 6.09 Å². The second-order valence-corrected chi connectivity index (χ2v) is 6.83. The van der Waals surface area contributed by atoms with Crippen molar-refractivity contribution in [3.63, 3.8) is 0 Å². The first-order chi connectivity index (χ1) is 15.1. The first kappa shape index (κ1) is 22.0. The molecule has 0 unspecified atom stereocenters. The first-order valence-corrected chi connectivity index (χ1v) is 9.98. The van der Waals surface area contributed by atoms with Crippen LogP contribution in [0.1, 0.15) is 11.1 Å². The lowest BCUT2D eigenvalue weighted by Gasteiger charge is -2.16. The van der Waals surface area contributed by atoms with Crippen LogP contribution in [-0.2, 0) is 17.8 Å². The molecule has 0 aliphatic heterocycles. The maximum Gasteiger partial charge on any atom is 0.407 e. The highest BCUT2D eigenvalue weighted by Gasteiger charge is 2.13. The van der Waals surface area contributed by atoms with Gasteiger partial charge in [0.15, 0.2) is 11.5 Å². The summed E-state index contributed by atoms with van der Waals surface area (Å²) in [6.07, 6.45) is 0.151. The summed E-state index contributed by atoms with van der Waals surface area (Å²) in [5.74, 6) is 2.07. The SMILES string of the molecule is COc1ccc(-c2cc(OC)c(OC)cc2CCNC(=O)OCc2ccccc2)cc1. The third kappa shape index (κ3) is 5.92. The zero-order chi connectivity index (χ0) is 22.1. The van der Waals surface area contributed by atoms with Gasteiger partial charge in [0, 0.05) is 6.54 Å². The van der Waals surface area contributed by atoms with E-state index in [0.29, 0.717) is 24.5 Å². The van der Waals surface area contributed by atoms with Gasteiger partial charge in [0.25, 0.3) is 0 Å². The van der Waals surface area contributed by atoms with Crippen LogP contribution in [0.2, 0.25) is 0 Å². The van der Waals surface area contributed by atoms with Crippen molar-refractivity contribution in [3.8, 4) is 28.4 Å². The molecule has 0 saturated carbocycles. The van der Waals surface area contributed by atoms with Gasteiger partial charge in [-0.15, -0.1) is 0 Å². The second kappa shape index (κ2) is 10.9. The zero-order valence-electron chi connectivity index (χ0n) is 18.0. The summed E-state index contributed by atoms with van der Waals surface area (Å²) < 4.78 is 21.5. The van der Waals surface area contributed by atoms with Gasteiger partial charge in [0.2, 0.25) is 0 Å². The Labute approximate surface area is 182 Å². The van der Waals surface area contributed by atoms with E-state index in [-0.39, 0.29) is 6.61 Å². The van der Waals surface area contributed by atoms with Crippen LogP contribution in [0.5, 0.6) is 17.2 Å². The van der Waals surface area contributed by atoms with Gasteiger partial charge in [-0.1, -0.05) is 42.5 Å². The summed E-state index contributed by atoms with van der Waals surface area (Å²) in [6.45, 7) is 0.659. The summed E-state index contributed by atoms with van der Waals surface area (Å²) in [6, 6.07) is 21.3. The second-order valence-electron chi connectivity index (χ2n) is 6.83. The number of carbonyl (C=O) groups excluding carboxylic acids is 1. The fourth-order valence-corrected chi connectivity index (χ4v) is 3.24. The third-order valence-corrected chi connectivity index (χ3v) is 4.89. The van der Waals surface area contributed by atoms with Crippen molar-refractivity contribution in [3.05, 3.63) is 77.9 Å². The molecule has 6 heteroatoms. The number of hydrogen-bond acceptors (Lipinski definition) is 5. The van der Waals surface area contributed by atoms with Crippen LogP contribution < -0.4 is 19.5 Å². The Morgan fingerprint density at radius 2 is 1.52 bits per heavy atom. The Bertz CT molecular complexity index is 987. The minimum atomic E-state index is -0.449. The molecule has 0 atom stereocenters. The highest BCUT2D eigenvalue weighted by molar-refractivity contribution is 5.72. The summed E-state index contributed by atoms with van der Waals surface area (Å²) in [4.78, 5) is 12.1. The van der Waals surface area contributed by atoms with Crippen molar-refractivity contribution >= 4 is 6.09 Å². The van der Waals surface area contributed by atoms with Crippen molar-refractivity contribution in [1.29, 1.82) is 0 Å². The number of methoxy groups -OCH3 is 3. The summed E-state index contributed by atoms with van der Waals surface area (Å²) in [5.41, 5.74) is 3.98. The average molecular weight is 421 g/mol. The fourth-order valence-electron chi connectivity index (χ4n) is 3.24. The van der Waals surface area contributed by atoms with Gasteiger partial charge in [0.05, 0.1) is 21.3 Å². The van der Waals surface area contributed by atoms with E-state index in [1.807, 2.05) is 66.7 Å². The van der Waals surface area contributed by atoms with E-state index in [0.717, 1.165) is 28.0 Å². The Hall–Kier alpha value is -3.67. The monoisotopic (exact) mass is 421 g/mol. The van der Waals surface area contributed by atoms with Crippen LogP contribution in [0.4, 0.5) is 4.79 Å². The van der Waals surface area contributed by atoms with Gasteiger partial charge in [0.1, 0.15) is 12.4 Å². The molecule has 0 heterocycles. The molecule has 0 radical (unpaired) electrons. The Morgan fingerprint density at radius 1 is 0.839 bits per heavy atom. The molecule has 3 aromatic rings. The molecule has 31 heavy (non-hydrogen) atoms. The maximum absolute atomic E-state index is 12.1. The summed E-state index contributed by atoms with van der Waals surface area (Å²) >= 11 is 0. The molecule has 0 spiro atoms. The number of carbonyl (C=O) groups is 1. The molecule has 3 aromatic carbocycles. The molecule has 162 valence electrons. The molecular formula is C25H27NO5. The third-order valence-electron chi connectivity index (χ3n) is 4.89. The predicted octanol–water partition coefficient (Wildman–Crippen LogP) is 4.85. The minimum absolute atomic E-state index is 0.236. The molecule has 3 rings (SSSR count). The number of hydrogen-bond donors (Lipinski definition) is 1. The molecule has 0 fully saturated rings. The fraction of sp³-hybridized carbons (Fsp3) is 0.240. The maximum atomic E-state index is 12.1. The van der Waals surface area contributed by atoms with E-state index in [4.69, 9.17) is 18.9 Å². The number of benzene rings is 3. The quantitative estimate of drug-likeness (QED) is 0.535. The Kier molecular flexibility index (Phi) is 7.76. The van der Waals surface area contributed by atoms with E-state index in [2.05, 4.69) is 5.32 Å². The highest BCUT2D eigenvalue weighted by Crippen LogP contribution is 2.36. The van der Waals surface area contributed by atoms with Gasteiger partial charge in [-0.3, -0.25) is 0 Å². The lowest BCUT2D eigenvalue weighted by Crippen LogP contribution is -2.26. The number of rotatable bonds is 9. The van der Waals surface area contributed by atoms with Gasteiger partial charge < -0.3 is 24.3 Å². The molecule has 0 saturated heterocycles. The standard InChI is InChI=1S/C25H27NO5/c1-28-21-11-9-19(10-12-21)22-16-24(30-3)23(29-2)15-20(22)13-14-26-25(27)31-17-18-7-5-4-6-8-18/h4-12,15-16H,13-14,17H2,1-3H3,(H,26,27). The highest BCUT2D eigenvalue weighted by atomic mass is 16.5. The summed E-state index contributed by atoms with van der Waals surface area (Å²) in [5, 5.41) is 2.81. The number of ether oxygens (including phenoxy) is 4. The van der Waals surface area contributed by atoms with Crippen molar-refractivity contribution in [1.82, 2.24) is 5.32 Å². The molecule has 1 amide bonds. The predicted molar refractivity (Wildman–Crippen MR) is 120 cm³/mol. The molecular weight excluding hydrogens is 394 g/mol. The molecule has 1 N–H and O–H groups in total. The number of alkyl carbamates (subject to hydrolysis) is 1. The van der Waals surface area contributed by atoms with Crippen molar-refractivity contribution in [2.45, 2.75) is 13.0 Å². The van der Waals surface area contributed by atoms with Crippen LogP contribution in [0.25, 0.3) is 11.1 Å². The van der Waals surface area contributed by atoms with Crippen molar-refractivity contribution in [2.75, 3.05) is 27.9 Å². The topological polar surface area (TPSA) is 66.0 Å². The Morgan fingerprint density at radius 3 is 2.16 bits per heavy atom. The van der Waals surface area contributed by atoms with Gasteiger partial charge in [-0.05, 0) is 52.9 Å². The van der Waals surface area contributed by atoms with E-state index in [9.17, 15) is 4.79 Å². The van der Waals surface area contributed by atoms with Gasteiger partial charge >= 0.3 is 6.09 Å². The number of nitrogens with one attached hydrogen (secondary N) is 1. The van der Waals surface area contributed by atoms with Crippen LogP contribution in [-0.4, -0.2) is 34.0 Å². The smallest absolute Gasteiger partial charge is 0.407 e. The first-order valence-electron chi connectivity index (χ1n) is 9.98. The number of amides is 1. The zero-order valence-corrected chi connectivity index (χ0v) is 18.0. The van der Waals surface area contributed by atoms with Crippen molar-refractivity contribution in [2.24, 2.45) is 0 Å². The molecule has 0 aliphatic rings. The van der Waals surface area contributed by atoms with Crippen LogP contribution >= 0.6 is 0 Å². The van der Waals surface area contributed by atoms with Crippen LogP contribution in [0.3, 0.4) is 0 Å². The van der Waals surface area contributed by atoms with Gasteiger partial charge in [-0.2, -0.15) is 0 Å². The van der Waals surface area contributed by atoms with Gasteiger partial charge in [-0.25, -0.2) is 4.79 Å². The lowest BCUT2D eigenvalue weighted by atomic mass is 9.96. The minimum Gasteiger partial charge on any atom is -0.497 e. The van der Waals surface area contributed by atoms with Crippen LogP contribution in [0.15, 0.2) is 66.7 Å². The van der Waals surface area contributed by atoms with E-state index in [1.54, 1.807) is 21.3 Å². The van der Waals surface area contributed by atoms with E-state index in [1.165, 1.54) is 0 Å². The normalized spacial score (nSPS) is 10.3. The van der Waals surface area contributed by atoms with Crippen LogP contribution in [0, 0.1) is 0 Å². The van der Waals surface area contributed by atoms with Crippen molar-refractivity contribution < 1.29 is 23.7 Å². The summed E-state index contributed by atoms with van der Waals surface area (Å²) in [7, 11) is 4.85. The Balaban J connectivity index is 1.70. The average Bonchev–Trinajstić information content (AvgIpc) is 2.83. The molecule has 0 aliphatic carbocycles. The largest absolute Gasteiger partial charge is 0.497 e.